The van der Waals surface area contributed by atoms with Gasteiger partial charge in [-0.25, -0.2) is 4.98 Å². The molecule has 0 spiro atoms. The number of fused-ring (bicyclic) bond motifs is 1. The molecule has 3 aromatic rings. The smallest absolute Gasteiger partial charge is 0.230 e. The van der Waals surface area contributed by atoms with Gasteiger partial charge in [-0.05, 0) is 56.7 Å². The number of thioether (sulfide) groups is 1. The molecule has 3 rings (SSSR count). The third kappa shape index (κ3) is 5.26. The molecule has 27 heavy (non-hydrogen) atoms. The largest absolute Gasteiger partial charge is 0.494 e. The first-order valence-corrected chi connectivity index (χ1v) is 10.2. The van der Waals surface area contributed by atoms with Crippen LogP contribution in [0.1, 0.15) is 19.2 Å². The van der Waals surface area contributed by atoms with Crippen molar-refractivity contribution >= 4 is 28.7 Å². The van der Waals surface area contributed by atoms with Crippen LogP contribution in [0.15, 0.2) is 53.4 Å². The zero-order valence-electron chi connectivity index (χ0n) is 15.8. The van der Waals surface area contributed by atoms with E-state index in [9.17, 15) is 4.79 Å². The Balaban J connectivity index is 1.40. The fourth-order valence-corrected chi connectivity index (χ4v) is 3.67. The van der Waals surface area contributed by atoms with Gasteiger partial charge in [0, 0.05) is 18.0 Å². The number of amides is 1. The SMILES string of the molecule is CCOc1ccc(SCC(=O)NCCCn2c(C)nc3ccccc32)cc1. The lowest BCUT2D eigenvalue weighted by molar-refractivity contribution is -0.118. The van der Waals surface area contributed by atoms with Gasteiger partial charge in [0.2, 0.25) is 5.91 Å². The maximum Gasteiger partial charge on any atom is 0.230 e. The van der Waals surface area contributed by atoms with Gasteiger partial charge < -0.3 is 14.6 Å². The molecule has 0 fully saturated rings. The zero-order chi connectivity index (χ0) is 19.1. The van der Waals surface area contributed by atoms with Gasteiger partial charge in [-0.1, -0.05) is 12.1 Å². The molecule has 142 valence electrons. The molecular weight excluding hydrogens is 358 g/mol. The number of hydrogen-bond donors (Lipinski definition) is 1. The molecule has 0 saturated heterocycles. The fourth-order valence-electron chi connectivity index (χ4n) is 2.94. The summed E-state index contributed by atoms with van der Waals surface area (Å²) >= 11 is 1.53. The van der Waals surface area contributed by atoms with E-state index >= 15 is 0 Å². The molecular formula is C21H25N3O2S. The molecule has 5 nitrogen and oxygen atoms in total. The molecule has 1 amide bonds. The van der Waals surface area contributed by atoms with Gasteiger partial charge >= 0.3 is 0 Å². The monoisotopic (exact) mass is 383 g/mol. The van der Waals surface area contributed by atoms with Gasteiger partial charge in [-0.15, -0.1) is 11.8 Å². The second-order valence-corrected chi connectivity index (χ2v) is 7.24. The lowest BCUT2D eigenvalue weighted by Gasteiger charge is -2.08. The summed E-state index contributed by atoms with van der Waals surface area (Å²) in [6.45, 7) is 6.15. The van der Waals surface area contributed by atoms with E-state index in [1.807, 2.05) is 56.3 Å². The fraction of sp³-hybridized carbons (Fsp3) is 0.333. The lowest BCUT2D eigenvalue weighted by Crippen LogP contribution is -2.26. The highest BCUT2D eigenvalue weighted by Crippen LogP contribution is 2.21. The quantitative estimate of drug-likeness (QED) is 0.447. The minimum absolute atomic E-state index is 0.0566. The number of aryl methyl sites for hydroxylation is 2. The third-order valence-electron chi connectivity index (χ3n) is 4.23. The molecule has 6 heteroatoms. The first kappa shape index (κ1) is 19.3. The van der Waals surface area contributed by atoms with E-state index < -0.39 is 0 Å². The summed E-state index contributed by atoms with van der Waals surface area (Å²) in [7, 11) is 0. The number of ether oxygens (including phenoxy) is 1. The molecule has 2 aromatic carbocycles. The molecule has 1 N–H and O–H groups in total. The number of nitrogens with zero attached hydrogens (tertiary/aromatic N) is 2. The zero-order valence-corrected chi connectivity index (χ0v) is 16.6. The standard InChI is InChI=1S/C21H25N3O2S/c1-3-26-17-9-11-18(12-10-17)27-15-21(25)22-13-6-14-24-16(2)23-19-7-4-5-8-20(19)24/h4-5,7-12H,3,6,13-15H2,1-2H3,(H,22,25). The van der Waals surface area contributed by atoms with E-state index in [1.165, 1.54) is 11.8 Å². The number of rotatable bonds is 9. The molecule has 1 aromatic heterocycles. The number of hydrogen-bond acceptors (Lipinski definition) is 4. The molecule has 0 aliphatic carbocycles. The summed E-state index contributed by atoms with van der Waals surface area (Å²) < 4.78 is 7.63. The van der Waals surface area contributed by atoms with Gasteiger partial charge in [0.1, 0.15) is 11.6 Å². The summed E-state index contributed by atoms with van der Waals surface area (Å²) in [6.07, 6.45) is 0.876. The van der Waals surface area contributed by atoms with E-state index in [-0.39, 0.29) is 5.91 Å². The van der Waals surface area contributed by atoms with Gasteiger partial charge in [-0.3, -0.25) is 4.79 Å². The number of nitrogens with one attached hydrogen (secondary N) is 1. The number of aromatic nitrogens is 2. The molecule has 0 saturated carbocycles. The van der Waals surface area contributed by atoms with Crippen molar-refractivity contribution in [1.82, 2.24) is 14.9 Å². The van der Waals surface area contributed by atoms with E-state index in [1.54, 1.807) is 0 Å². The third-order valence-corrected chi connectivity index (χ3v) is 5.24. The number of carbonyl (C=O) groups is 1. The summed E-state index contributed by atoms with van der Waals surface area (Å²) in [5.74, 6) is 2.34. The van der Waals surface area contributed by atoms with Crippen LogP contribution in [0.5, 0.6) is 5.75 Å². The van der Waals surface area contributed by atoms with Crippen LogP contribution in [0.3, 0.4) is 0 Å². The normalized spacial score (nSPS) is 10.9. The number of benzene rings is 2. The molecule has 0 bridgehead atoms. The summed E-state index contributed by atoms with van der Waals surface area (Å²) in [4.78, 5) is 17.7. The molecule has 0 radical (unpaired) electrons. The minimum atomic E-state index is 0.0566. The average molecular weight is 384 g/mol. The Morgan fingerprint density at radius 1 is 1.19 bits per heavy atom. The number of para-hydroxylation sites is 2. The first-order chi connectivity index (χ1) is 13.2. The van der Waals surface area contributed by atoms with Crippen molar-refractivity contribution in [1.29, 1.82) is 0 Å². The van der Waals surface area contributed by atoms with Crippen LogP contribution in [0.4, 0.5) is 0 Å². The minimum Gasteiger partial charge on any atom is -0.494 e. The maximum absolute atomic E-state index is 12.1. The van der Waals surface area contributed by atoms with Crippen LogP contribution in [-0.4, -0.2) is 34.4 Å². The summed E-state index contributed by atoms with van der Waals surface area (Å²) in [5.41, 5.74) is 2.16. The van der Waals surface area contributed by atoms with Gasteiger partial charge in [-0.2, -0.15) is 0 Å². The molecule has 0 aliphatic heterocycles. The lowest BCUT2D eigenvalue weighted by atomic mass is 10.3. The van der Waals surface area contributed by atoms with Crippen LogP contribution in [0.2, 0.25) is 0 Å². The van der Waals surface area contributed by atoms with E-state index in [2.05, 4.69) is 20.9 Å². The second kappa shape index (κ2) is 9.46. The average Bonchev–Trinajstić information content (AvgIpc) is 3.00. The van der Waals surface area contributed by atoms with E-state index in [0.717, 1.165) is 40.5 Å². The predicted molar refractivity (Wildman–Crippen MR) is 110 cm³/mol. The second-order valence-electron chi connectivity index (χ2n) is 6.20. The van der Waals surface area contributed by atoms with Crippen LogP contribution < -0.4 is 10.1 Å². The molecule has 0 aliphatic rings. The Morgan fingerprint density at radius 3 is 2.74 bits per heavy atom. The Kier molecular flexibility index (Phi) is 6.76. The Labute approximate surface area is 164 Å². The van der Waals surface area contributed by atoms with Crippen LogP contribution >= 0.6 is 11.8 Å². The predicted octanol–water partition coefficient (Wildman–Crippen LogP) is 4.04. The Bertz CT molecular complexity index is 890. The molecule has 1 heterocycles. The van der Waals surface area contributed by atoms with Gasteiger partial charge in [0.05, 0.1) is 23.4 Å². The Morgan fingerprint density at radius 2 is 1.96 bits per heavy atom. The van der Waals surface area contributed by atoms with Crippen molar-refractivity contribution in [2.75, 3.05) is 18.9 Å². The van der Waals surface area contributed by atoms with Crippen LogP contribution in [-0.2, 0) is 11.3 Å². The van der Waals surface area contributed by atoms with Crippen molar-refractivity contribution in [2.45, 2.75) is 31.7 Å². The van der Waals surface area contributed by atoms with Gasteiger partial charge in [0.15, 0.2) is 0 Å². The van der Waals surface area contributed by atoms with Crippen LogP contribution in [0.25, 0.3) is 11.0 Å². The summed E-state index contributed by atoms with van der Waals surface area (Å²) in [5, 5.41) is 3.00. The highest BCUT2D eigenvalue weighted by Gasteiger charge is 2.07. The van der Waals surface area contributed by atoms with Crippen molar-refractivity contribution in [3.05, 3.63) is 54.4 Å². The topological polar surface area (TPSA) is 56.1 Å². The summed E-state index contributed by atoms with van der Waals surface area (Å²) in [6, 6.07) is 16.0. The number of imidazole rings is 1. The van der Waals surface area contributed by atoms with Crippen molar-refractivity contribution in [3.63, 3.8) is 0 Å². The van der Waals surface area contributed by atoms with Crippen molar-refractivity contribution in [2.24, 2.45) is 0 Å². The highest BCUT2D eigenvalue weighted by atomic mass is 32.2. The molecule has 0 atom stereocenters. The van der Waals surface area contributed by atoms with E-state index in [4.69, 9.17) is 4.74 Å². The van der Waals surface area contributed by atoms with Crippen LogP contribution in [0, 0.1) is 6.92 Å². The highest BCUT2D eigenvalue weighted by molar-refractivity contribution is 8.00. The number of carbonyl (C=O) groups excluding carboxylic acids is 1. The van der Waals surface area contributed by atoms with Gasteiger partial charge in [0.25, 0.3) is 0 Å². The van der Waals surface area contributed by atoms with Crippen molar-refractivity contribution < 1.29 is 9.53 Å². The first-order valence-electron chi connectivity index (χ1n) is 9.21. The van der Waals surface area contributed by atoms with Crippen molar-refractivity contribution in [3.8, 4) is 5.75 Å². The van der Waals surface area contributed by atoms with E-state index in [0.29, 0.717) is 18.9 Å². The maximum atomic E-state index is 12.1. The Hall–Kier alpha value is -2.47. The molecule has 0 unspecified atom stereocenters.